The third kappa shape index (κ3) is 5.65. The molecule has 0 bridgehead atoms. The van der Waals surface area contributed by atoms with E-state index in [0.717, 1.165) is 11.1 Å². The smallest absolute Gasteiger partial charge is 0.360 e. The summed E-state index contributed by atoms with van der Waals surface area (Å²) in [5.74, 6) is 3.39. The molecule has 0 unspecified atom stereocenters. The van der Waals surface area contributed by atoms with Gasteiger partial charge in [0.15, 0.2) is 5.71 Å². The first-order chi connectivity index (χ1) is 15.2. The molecular weight excluding hydrogens is 418 g/mol. The van der Waals surface area contributed by atoms with Crippen LogP contribution in [0.1, 0.15) is 11.1 Å². The first-order valence-electron chi connectivity index (χ1n) is 9.07. The maximum atomic E-state index is 12.1. The van der Waals surface area contributed by atoms with Gasteiger partial charge < -0.3 is 18.7 Å². The van der Waals surface area contributed by atoms with Gasteiger partial charge in [-0.1, -0.05) is 47.1 Å². The zero-order valence-electron chi connectivity index (χ0n) is 16.9. The van der Waals surface area contributed by atoms with Gasteiger partial charge >= 0.3 is 5.97 Å². The van der Waals surface area contributed by atoms with Gasteiger partial charge in [0, 0.05) is 11.1 Å². The average molecular weight is 437 g/mol. The quantitative estimate of drug-likeness (QED) is 0.165. The summed E-state index contributed by atoms with van der Waals surface area (Å²) in [4.78, 5) is 16.8. The lowest BCUT2D eigenvalue weighted by atomic mass is 10.0. The number of oxime groups is 1. The fourth-order valence-electron chi connectivity index (χ4n) is 2.60. The monoisotopic (exact) mass is 437 g/mol. The second-order valence-corrected chi connectivity index (χ2v) is 6.88. The lowest BCUT2D eigenvalue weighted by Crippen LogP contribution is -2.19. The molecule has 0 fully saturated rings. The molecule has 0 atom stereocenters. The lowest BCUT2D eigenvalue weighted by Gasteiger charge is -2.12. The minimum Gasteiger partial charge on any atom is -0.489 e. The molecule has 3 aromatic rings. The van der Waals surface area contributed by atoms with E-state index in [-0.39, 0.29) is 12.3 Å². The fourth-order valence-corrected chi connectivity index (χ4v) is 3.05. The van der Waals surface area contributed by atoms with Crippen molar-refractivity contribution in [1.29, 1.82) is 0 Å². The zero-order valence-corrected chi connectivity index (χ0v) is 17.7. The van der Waals surface area contributed by atoms with Crippen LogP contribution in [-0.2, 0) is 21.0 Å². The average Bonchev–Trinajstić information content (AvgIpc) is 3.29. The number of hydrogen-bond acceptors (Lipinski definition) is 9. The largest absolute Gasteiger partial charge is 0.489 e. The second-order valence-electron chi connectivity index (χ2n) is 5.95. The molecule has 158 valence electrons. The van der Waals surface area contributed by atoms with Crippen LogP contribution in [0.15, 0.2) is 63.3 Å². The van der Waals surface area contributed by atoms with E-state index in [0.29, 0.717) is 28.2 Å². The van der Waals surface area contributed by atoms with Crippen LogP contribution in [0.5, 0.6) is 5.75 Å². The van der Waals surface area contributed by atoms with Gasteiger partial charge in [-0.05, 0) is 29.8 Å². The van der Waals surface area contributed by atoms with Crippen LogP contribution >= 0.6 is 11.8 Å². The van der Waals surface area contributed by atoms with Crippen LogP contribution in [0.2, 0.25) is 0 Å². The number of thioether (sulfide) groups is 1. The van der Waals surface area contributed by atoms with Gasteiger partial charge in [-0.2, -0.15) is 0 Å². The third-order valence-electron chi connectivity index (χ3n) is 4.01. The first-order valence-corrected chi connectivity index (χ1v) is 10.1. The highest BCUT2D eigenvalue weighted by atomic mass is 32.2. The molecule has 0 aliphatic carbocycles. The van der Waals surface area contributed by atoms with Gasteiger partial charge in [0.25, 0.3) is 5.22 Å². The van der Waals surface area contributed by atoms with Gasteiger partial charge in [-0.15, -0.1) is 16.6 Å². The molecule has 0 aliphatic heterocycles. The molecule has 1 heterocycles. The van der Waals surface area contributed by atoms with E-state index < -0.39 is 5.97 Å². The van der Waals surface area contributed by atoms with Gasteiger partial charge in [0.2, 0.25) is 5.89 Å². The number of carbonyl (C=O) groups excluding carboxylic acids is 1. The van der Waals surface area contributed by atoms with Crippen LogP contribution in [0.4, 0.5) is 0 Å². The Balaban J connectivity index is 1.71. The van der Waals surface area contributed by atoms with Crippen molar-refractivity contribution in [2.45, 2.75) is 11.8 Å². The van der Waals surface area contributed by atoms with E-state index in [2.05, 4.69) is 21.3 Å². The molecule has 8 nitrogen and oxygen atoms in total. The SMILES string of the molecule is C#CCSc1nnc(-c2ccc(OCc3ccccc3/C(=N/OC)C(=O)OC)cc2)o1. The summed E-state index contributed by atoms with van der Waals surface area (Å²) >= 11 is 1.30. The van der Waals surface area contributed by atoms with Crippen LogP contribution < -0.4 is 4.74 Å². The number of terminal acetylenes is 1. The molecule has 1 aromatic heterocycles. The molecular formula is C22H19N3O5S. The Hall–Kier alpha value is -3.77. The molecule has 0 saturated heterocycles. The summed E-state index contributed by atoms with van der Waals surface area (Å²) in [5.41, 5.74) is 2.14. The summed E-state index contributed by atoms with van der Waals surface area (Å²) in [6, 6.07) is 14.4. The molecule has 2 aromatic carbocycles. The maximum absolute atomic E-state index is 12.1. The number of hydrogen-bond donors (Lipinski definition) is 0. The normalized spacial score (nSPS) is 10.9. The van der Waals surface area contributed by atoms with Crippen molar-refractivity contribution in [3.8, 4) is 29.5 Å². The molecule has 0 amide bonds. The number of esters is 1. The lowest BCUT2D eigenvalue weighted by molar-refractivity contribution is -0.132. The fraction of sp³-hybridized carbons (Fsp3) is 0.182. The van der Waals surface area contributed by atoms with E-state index in [4.69, 9.17) is 25.2 Å². The zero-order chi connectivity index (χ0) is 22.1. The van der Waals surface area contributed by atoms with Crippen molar-refractivity contribution in [2.24, 2.45) is 5.16 Å². The highest BCUT2D eigenvalue weighted by molar-refractivity contribution is 7.99. The summed E-state index contributed by atoms with van der Waals surface area (Å²) in [6.07, 6.45) is 5.23. The minimum atomic E-state index is -0.599. The van der Waals surface area contributed by atoms with E-state index in [9.17, 15) is 4.79 Å². The highest BCUT2D eigenvalue weighted by Gasteiger charge is 2.19. The Morgan fingerprint density at radius 2 is 1.94 bits per heavy atom. The van der Waals surface area contributed by atoms with Crippen molar-refractivity contribution >= 4 is 23.4 Å². The first kappa shape index (κ1) is 21.9. The predicted octanol–water partition coefficient (Wildman–Crippen LogP) is 3.56. The number of benzene rings is 2. The van der Waals surface area contributed by atoms with E-state index in [1.165, 1.54) is 26.0 Å². The van der Waals surface area contributed by atoms with Crippen molar-refractivity contribution in [3.63, 3.8) is 0 Å². The van der Waals surface area contributed by atoms with Crippen LogP contribution in [0, 0.1) is 12.3 Å². The number of methoxy groups -OCH3 is 1. The van der Waals surface area contributed by atoms with Crippen LogP contribution in [-0.4, -0.2) is 41.9 Å². The van der Waals surface area contributed by atoms with Gasteiger partial charge in [-0.25, -0.2) is 4.79 Å². The second kappa shape index (κ2) is 10.8. The molecule has 3 rings (SSSR count). The number of ether oxygens (including phenoxy) is 2. The molecule has 0 aliphatic rings. The van der Waals surface area contributed by atoms with Crippen molar-refractivity contribution < 1.29 is 23.5 Å². The van der Waals surface area contributed by atoms with E-state index >= 15 is 0 Å². The van der Waals surface area contributed by atoms with Crippen molar-refractivity contribution in [2.75, 3.05) is 20.0 Å². The maximum Gasteiger partial charge on any atom is 0.360 e. The molecule has 9 heteroatoms. The molecule has 0 N–H and O–H groups in total. The van der Waals surface area contributed by atoms with Crippen LogP contribution in [0.25, 0.3) is 11.5 Å². The molecule has 31 heavy (non-hydrogen) atoms. The van der Waals surface area contributed by atoms with Gasteiger partial charge in [-0.3, -0.25) is 0 Å². The molecule has 0 spiro atoms. The number of aromatic nitrogens is 2. The Kier molecular flexibility index (Phi) is 7.67. The summed E-state index contributed by atoms with van der Waals surface area (Å²) < 4.78 is 16.3. The molecule has 0 radical (unpaired) electrons. The van der Waals surface area contributed by atoms with Crippen LogP contribution in [0.3, 0.4) is 0 Å². The Morgan fingerprint density at radius 3 is 2.65 bits per heavy atom. The summed E-state index contributed by atoms with van der Waals surface area (Å²) in [7, 11) is 2.65. The number of rotatable bonds is 9. The Bertz CT molecular complexity index is 1100. The van der Waals surface area contributed by atoms with E-state index in [1.54, 1.807) is 24.3 Å². The topological polar surface area (TPSA) is 96.0 Å². The summed E-state index contributed by atoms with van der Waals surface area (Å²) in [6.45, 7) is 0.211. The standard InChI is InChI=1S/C22H19N3O5S/c1-4-13-31-22-24-23-20(30-22)15-9-11-17(12-10-15)29-14-16-7-5-6-8-18(16)19(25-28-3)21(26)27-2/h1,5-12H,13-14H2,2-3H3/b25-19-. The minimum absolute atomic E-state index is 0.0643. The van der Waals surface area contributed by atoms with Crippen molar-refractivity contribution in [1.82, 2.24) is 10.2 Å². The number of nitrogens with zero attached hydrogens (tertiary/aromatic N) is 3. The Morgan fingerprint density at radius 1 is 1.16 bits per heavy atom. The Labute approximate surface area is 183 Å². The molecule has 0 saturated carbocycles. The van der Waals surface area contributed by atoms with Gasteiger partial charge in [0.05, 0.1) is 12.9 Å². The van der Waals surface area contributed by atoms with Crippen molar-refractivity contribution in [3.05, 3.63) is 59.7 Å². The number of carbonyl (C=O) groups is 1. The summed E-state index contributed by atoms with van der Waals surface area (Å²) in [5, 5.41) is 12.2. The van der Waals surface area contributed by atoms with Gasteiger partial charge in [0.1, 0.15) is 19.5 Å². The van der Waals surface area contributed by atoms with E-state index in [1.807, 2.05) is 24.3 Å². The highest BCUT2D eigenvalue weighted by Crippen LogP contribution is 2.25. The predicted molar refractivity (Wildman–Crippen MR) is 116 cm³/mol. The third-order valence-corrected chi connectivity index (χ3v) is 4.74.